The highest BCUT2D eigenvalue weighted by molar-refractivity contribution is 5.56. The Bertz CT molecular complexity index is 1350. The molecule has 0 spiro atoms. The topological polar surface area (TPSA) is 115 Å². The monoisotopic (exact) mass is 405 g/mol. The van der Waals surface area contributed by atoms with E-state index in [0.29, 0.717) is 16.4 Å². The number of fused-ring (bicyclic) bond motifs is 1. The minimum Gasteiger partial charge on any atom is -0.493 e. The quantitative estimate of drug-likeness (QED) is 0.444. The molecule has 3 aromatic heterocycles. The maximum atomic E-state index is 11.3. The van der Waals surface area contributed by atoms with Gasteiger partial charge in [0.25, 0.3) is 0 Å². The number of hydrogen-bond acceptors (Lipinski definition) is 6. The van der Waals surface area contributed by atoms with Gasteiger partial charge in [-0.3, -0.25) is 9.88 Å². The first-order valence-electron chi connectivity index (χ1n) is 9.79. The van der Waals surface area contributed by atoms with Crippen molar-refractivity contribution in [3.63, 3.8) is 0 Å². The van der Waals surface area contributed by atoms with Gasteiger partial charge in [0.2, 0.25) is 5.88 Å². The van der Waals surface area contributed by atoms with Gasteiger partial charge < -0.3 is 10.1 Å². The summed E-state index contributed by atoms with van der Waals surface area (Å²) in [6.07, 6.45) is 5.00. The van der Waals surface area contributed by atoms with Crippen LogP contribution in [-0.2, 0) is 6.54 Å². The van der Waals surface area contributed by atoms with Crippen molar-refractivity contribution >= 4 is 17.4 Å². The minimum atomic E-state index is -0.483. The van der Waals surface area contributed by atoms with E-state index in [-0.39, 0.29) is 11.6 Å². The van der Waals surface area contributed by atoms with Crippen LogP contribution >= 0.6 is 0 Å². The van der Waals surface area contributed by atoms with Gasteiger partial charge in [-0.25, -0.2) is 19.3 Å². The third kappa shape index (κ3) is 4.15. The van der Waals surface area contributed by atoms with Crippen LogP contribution in [0.15, 0.2) is 52.5 Å². The number of aromatic amines is 2. The molecule has 0 aliphatic heterocycles. The van der Waals surface area contributed by atoms with Gasteiger partial charge in [0, 0.05) is 24.0 Å². The second-order valence-corrected chi connectivity index (χ2v) is 6.88. The van der Waals surface area contributed by atoms with Crippen molar-refractivity contribution < 1.29 is 5.11 Å². The number of rotatable bonds is 6. The molecule has 4 rings (SSSR count). The van der Waals surface area contributed by atoms with Gasteiger partial charge in [-0.1, -0.05) is 26.0 Å². The zero-order valence-electron chi connectivity index (χ0n) is 16.8. The molecule has 30 heavy (non-hydrogen) atoms. The highest BCUT2D eigenvalue weighted by Crippen LogP contribution is 2.15. The van der Waals surface area contributed by atoms with E-state index in [0.717, 1.165) is 25.3 Å². The number of nitrogens with one attached hydrogen (secondary N) is 2. The highest BCUT2D eigenvalue weighted by atomic mass is 16.3. The number of aromatic hydroxyl groups is 1. The van der Waals surface area contributed by atoms with Crippen molar-refractivity contribution in [2.45, 2.75) is 20.4 Å². The van der Waals surface area contributed by atoms with E-state index in [2.05, 4.69) is 55.9 Å². The van der Waals surface area contributed by atoms with E-state index in [1.165, 1.54) is 5.56 Å². The molecule has 1 aromatic carbocycles. The fourth-order valence-corrected chi connectivity index (χ4v) is 3.25. The van der Waals surface area contributed by atoms with Crippen LogP contribution in [0.2, 0.25) is 0 Å². The van der Waals surface area contributed by atoms with Crippen LogP contribution in [0.25, 0.3) is 11.7 Å². The molecule has 3 heterocycles. The van der Waals surface area contributed by atoms with Gasteiger partial charge in [-0.05, 0) is 36.9 Å². The normalized spacial score (nSPS) is 13.0. The Hall–Kier alpha value is -3.72. The summed E-state index contributed by atoms with van der Waals surface area (Å²) in [6, 6.07) is 9.90. The lowest BCUT2D eigenvalue weighted by molar-refractivity contribution is 0.296. The van der Waals surface area contributed by atoms with Crippen LogP contribution < -0.4 is 16.4 Å². The van der Waals surface area contributed by atoms with Crippen LogP contribution in [0.1, 0.15) is 25.1 Å². The standard InChI is InChI=1S/C21H23N7O2/c1-3-27(4-2)13-14-6-5-7-16(10-14)23-18-8-9-28-19(25-18)15(12-22-28)11-17-20(29)26-21(30)24-17/h5-12,29H,3-4,13H2,1-2H3,(H2,24,26,30)/b15-11-,23-18?. The van der Waals surface area contributed by atoms with E-state index in [1.54, 1.807) is 29.1 Å². The van der Waals surface area contributed by atoms with Gasteiger partial charge in [0.15, 0.2) is 11.1 Å². The van der Waals surface area contributed by atoms with Crippen LogP contribution in [0.4, 0.5) is 5.69 Å². The maximum Gasteiger partial charge on any atom is 0.326 e. The SMILES string of the molecule is CCN(CC)Cc1cccc(N=c2ccn3nc/c(=C/c4[nH]c(=O)[nH]c4O)c3n2)c1. The Balaban J connectivity index is 1.73. The molecule has 9 heteroatoms. The molecule has 3 N–H and O–H groups in total. The van der Waals surface area contributed by atoms with Crippen molar-refractivity contribution in [3.8, 4) is 5.88 Å². The fraction of sp³-hybridized carbons (Fsp3) is 0.238. The molecule has 0 aliphatic rings. The molecular weight excluding hydrogens is 382 g/mol. The molecule has 0 radical (unpaired) electrons. The summed E-state index contributed by atoms with van der Waals surface area (Å²) in [5.41, 5.74) is 2.92. The Morgan fingerprint density at radius 1 is 1.23 bits per heavy atom. The third-order valence-electron chi connectivity index (χ3n) is 4.87. The van der Waals surface area contributed by atoms with E-state index < -0.39 is 5.69 Å². The molecule has 154 valence electrons. The molecule has 0 unspecified atom stereocenters. The molecule has 0 aliphatic carbocycles. The minimum absolute atomic E-state index is 0.231. The fourth-order valence-electron chi connectivity index (χ4n) is 3.25. The van der Waals surface area contributed by atoms with E-state index in [4.69, 9.17) is 0 Å². The van der Waals surface area contributed by atoms with Gasteiger partial charge >= 0.3 is 5.69 Å². The average Bonchev–Trinajstić information content (AvgIpc) is 3.28. The van der Waals surface area contributed by atoms with Gasteiger partial charge in [0.05, 0.1) is 11.9 Å². The lowest BCUT2D eigenvalue weighted by Crippen LogP contribution is -2.21. The summed E-state index contributed by atoms with van der Waals surface area (Å²) in [6.45, 7) is 7.18. The van der Waals surface area contributed by atoms with E-state index in [1.807, 2.05) is 12.1 Å². The first-order chi connectivity index (χ1) is 14.6. The van der Waals surface area contributed by atoms with Crippen LogP contribution in [-0.4, -0.2) is 47.7 Å². The molecule has 4 aromatic rings. The lowest BCUT2D eigenvalue weighted by Gasteiger charge is -2.17. The maximum absolute atomic E-state index is 11.3. The molecule has 0 bridgehead atoms. The molecule has 0 fully saturated rings. The van der Waals surface area contributed by atoms with Crippen molar-refractivity contribution in [2.75, 3.05) is 13.1 Å². The summed E-state index contributed by atoms with van der Waals surface area (Å²) in [4.78, 5) is 27.8. The second kappa shape index (κ2) is 8.34. The van der Waals surface area contributed by atoms with Crippen LogP contribution in [0.3, 0.4) is 0 Å². The smallest absolute Gasteiger partial charge is 0.326 e. The number of H-pyrrole nitrogens is 2. The predicted molar refractivity (Wildman–Crippen MR) is 113 cm³/mol. The van der Waals surface area contributed by atoms with Crippen molar-refractivity contribution in [3.05, 3.63) is 75.2 Å². The molecule has 0 saturated carbocycles. The van der Waals surface area contributed by atoms with Gasteiger partial charge in [-0.2, -0.15) is 5.10 Å². The molecular formula is C21H23N7O2. The number of imidazole rings is 1. The largest absolute Gasteiger partial charge is 0.493 e. The second-order valence-electron chi connectivity index (χ2n) is 6.88. The summed E-state index contributed by atoms with van der Waals surface area (Å²) >= 11 is 0. The van der Waals surface area contributed by atoms with Gasteiger partial charge in [0.1, 0.15) is 5.69 Å². The Morgan fingerprint density at radius 2 is 2.07 bits per heavy atom. The van der Waals surface area contributed by atoms with Crippen LogP contribution in [0, 0.1) is 0 Å². The average molecular weight is 405 g/mol. The molecule has 9 nitrogen and oxygen atoms in total. The number of benzene rings is 1. The summed E-state index contributed by atoms with van der Waals surface area (Å²) in [5, 5.41) is 14.7. The summed E-state index contributed by atoms with van der Waals surface area (Å²) < 4.78 is 1.61. The number of aromatic nitrogens is 5. The first-order valence-corrected chi connectivity index (χ1v) is 9.79. The van der Waals surface area contributed by atoms with E-state index >= 15 is 0 Å². The first kappa shape index (κ1) is 19.6. The zero-order chi connectivity index (χ0) is 21.1. The van der Waals surface area contributed by atoms with Crippen LogP contribution in [0.5, 0.6) is 5.88 Å². The van der Waals surface area contributed by atoms with E-state index in [9.17, 15) is 9.90 Å². The highest BCUT2D eigenvalue weighted by Gasteiger charge is 2.05. The van der Waals surface area contributed by atoms with Crippen molar-refractivity contribution in [1.29, 1.82) is 0 Å². The number of hydrogen-bond donors (Lipinski definition) is 3. The Kier molecular flexibility index (Phi) is 5.44. The Labute approximate surface area is 172 Å². The molecule has 0 saturated heterocycles. The van der Waals surface area contributed by atoms with Crippen molar-refractivity contribution in [1.82, 2.24) is 29.5 Å². The summed E-state index contributed by atoms with van der Waals surface area (Å²) in [7, 11) is 0. The lowest BCUT2D eigenvalue weighted by atomic mass is 10.2. The third-order valence-corrected chi connectivity index (χ3v) is 4.87. The predicted octanol–water partition coefficient (Wildman–Crippen LogP) is 1.07. The molecule has 0 amide bonds. The Morgan fingerprint density at radius 3 is 2.80 bits per heavy atom. The number of nitrogens with zero attached hydrogens (tertiary/aromatic N) is 5. The zero-order valence-corrected chi connectivity index (χ0v) is 16.8. The van der Waals surface area contributed by atoms with Crippen molar-refractivity contribution in [2.24, 2.45) is 4.99 Å². The summed E-state index contributed by atoms with van der Waals surface area (Å²) in [5.74, 6) is -0.231. The molecule has 0 atom stereocenters. The van der Waals surface area contributed by atoms with Gasteiger partial charge in [-0.15, -0.1) is 0 Å².